The molecular weight excluding hydrogens is 266 g/mol. The highest BCUT2D eigenvalue weighted by molar-refractivity contribution is 5.14. The average Bonchev–Trinajstić information content (AvgIpc) is 2.55. The number of allylic oxidation sites excluding steroid dienone is 1. The normalized spacial score (nSPS) is 21.5. The van der Waals surface area contributed by atoms with Crippen LogP contribution in [0, 0.1) is 5.92 Å². The molecule has 22 heavy (non-hydrogen) atoms. The van der Waals surface area contributed by atoms with E-state index >= 15 is 0 Å². The second-order valence-corrected chi connectivity index (χ2v) is 7.14. The van der Waals surface area contributed by atoms with Crippen LogP contribution in [0.15, 0.2) is 42.6 Å². The zero-order valence-corrected chi connectivity index (χ0v) is 14.6. The highest BCUT2D eigenvalue weighted by Gasteiger charge is 2.22. The fraction of sp³-hybridized carbons (Fsp3) is 0.619. The number of nitrogens with zero attached hydrogens (tertiary/aromatic N) is 1. The predicted molar refractivity (Wildman–Crippen MR) is 96.9 cm³/mol. The van der Waals surface area contributed by atoms with Gasteiger partial charge in [0.15, 0.2) is 0 Å². The second kappa shape index (κ2) is 9.02. The van der Waals surface area contributed by atoms with E-state index in [0.717, 1.165) is 18.4 Å². The molecule has 0 radical (unpaired) electrons. The molecule has 2 rings (SSSR count). The quantitative estimate of drug-likeness (QED) is 0.547. The van der Waals surface area contributed by atoms with E-state index in [2.05, 4.69) is 55.8 Å². The van der Waals surface area contributed by atoms with Crippen LogP contribution in [0.1, 0.15) is 63.9 Å². The van der Waals surface area contributed by atoms with E-state index < -0.39 is 0 Å². The topological polar surface area (TPSA) is 3.24 Å². The Morgan fingerprint density at radius 2 is 1.73 bits per heavy atom. The third-order valence-electron chi connectivity index (χ3n) is 5.31. The molecule has 1 saturated carbocycles. The third kappa shape index (κ3) is 5.51. The summed E-state index contributed by atoms with van der Waals surface area (Å²) < 4.78 is 0. The molecule has 1 aromatic carbocycles. The van der Waals surface area contributed by atoms with Gasteiger partial charge in [0.05, 0.1) is 0 Å². The summed E-state index contributed by atoms with van der Waals surface area (Å²) in [7, 11) is 2.26. The van der Waals surface area contributed by atoms with Gasteiger partial charge in [-0.1, -0.05) is 50.3 Å². The number of hydrogen-bond acceptors (Lipinski definition) is 1. The lowest BCUT2D eigenvalue weighted by molar-refractivity contribution is 0.202. The lowest BCUT2D eigenvalue weighted by Crippen LogP contribution is -2.33. The third-order valence-corrected chi connectivity index (χ3v) is 5.31. The average molecular weight is 300 g/mol. The van der Waals surface area contributed by atoms with Crippen molar-refractivity contribution in [3.63, 3.8) is 0 Å². The summed E-state index contributed by atoms with van der Waals surface area (Å²) in [5.41, 5.74) is 2.81. The maximum absolute atomic E-state index is 4.33. The monoisotopic (exact) mass is 299 g/mol. The zero-order chi connectivity index (χ0) is 15.8. The molecule has 0 aromatic heterocycles. The van der Waals surface area contributed by atoms with Crippen LogP contribution in [-0.2, 0) is 6.42 Å². The minimum atomic E-state index is 0.744. The Bertz CT molecular complexity index is 428. The van der Waals surface area contributed by atoms with Crippen LogP contribution in [0.5, 0.6) is 0 Å². The van der Waals surface area contributed by atoms with Gasteiger partial charge in [-0.05, 0) is 62.8 Å². The largest absolute Gasteiger partial charge is 0.375 e. The first-order valence-electron chi connectivity index (χ1n) is 9.11. The maximum atomic E-state index is 4.33. The van der Waals surface area contributed by atoms with Crippen molar-refractivity contribution in [1.29, 1.82) is 0 Å². The van der Waals surface area contributed by atoms with Gasteiger partial charge in [-0.2, -0.15) is 0 Å². The Balaban J connectivity index is 1.59. The van der Waals surface area contributed by atoms with Gasteiger partial charge in [0.25, 0.3) is 0 Å². The van der Waals surface area contributed by atoms with Crippen LogP contribution in [0.3, 0.4) is 0 Å². The molecule has 1 aliphatic carbocycles. The number of benzene rings is 1. The van der Waals surface area contributed by atoms with Crippen molar-refractivity contribution in [2.45, 2.75) is 70.8 Å². The van der Waals surface area contributed by atoms with Gasteiger partial charge in [-0.25, -0.2) is 0 Å². The number of unbranched alkanes of at least 4 members (excludes halogenated alkanes) is 2. The van der Waals surface area contributed by atoms with E-state index in [0.29, 0.717) is 0 Å². The van der Waals surface area contributed by atoms with Crippen molar-refractivity contribution in [2.75, 3.05) is 7.05 Å². The molecule has 1 nitrogen and oxygen atoms in total. The molecule has 1 aromatic rings. The molecule has 0 aliphatic heterocycles. The SMILES string of the molecule is C=C(CCCCCc1ccccc1)N(C)C1CCC(C)CC1. The molecule has 1 fully saturated rings. The molecule has 0 bridgehead atoms. The van der Waals surface area contributed by atoms with E-state index in [1.165, 1.54) is 62.6 Å². The molecular formula is C21H33N. The van der Waals surface area contributed by atoms with E-state index in [1.54, 1.807) is 0 Å². The minimum Gasteiger partial charge on any atom is -0.375 e. The summed E-state index contributed by atoms with van der Waals surface area (Å²) in [6.45, 7) is 6.72. The molecule has 0 saturated heterocycles. The first kappa shape index (κ1) is 17.1. The number of hydrogen-bond donors (Lipinski definition) is 0. The Labute approximate surface area is 137 Å². The molecule has 0 N–H and O–H groups in total. The van der Waals surface area contributed by atoms with Gasteiger partial charge >= 0.3 is 0 Å². The summed E-state index contributed by atoms with van der Waals surface area (Å²) in [6.07, 6.45) is 11.7. The maximum Gasteiger partial charge on any atom is 0.0283 e. The molecule has 1 aliphatic rings. The minimum absolute atomic E-state index is 0.744. The van der Waals surface area contributed by atoms with Crippen LogP contribution in [0.2, 0.25) is 0 Å². The van der Waals surface area contributed by atoms with Gasteiger partial charge in [0, 0.05) is 18.8 Å². The summed E-state index contributed by atoms with van der Waals surface area (Å²) in [6, 6.07) is 11.6. The van der Waals surface area contributed by atoms with Crippen molar-refractivity contribution in [2.24, 2.45) is 5.92 Å². The summed E-state index contributed by atoms with van der Waals surface area (Å²) in [4.78, 5) is 2.48. The second-order valence-electron chi connectivity index (χ2n) is 7.14. The first-order chi connectivity index (χ1) is 10.7. The molecule has 0 heterocycles. The van der Waals surface area contributed by atoms with Crippen molar-refractivity contribution in [3.8, 4) is 0 Å². The fourth-order valence-corrected chi connectivity index (χ4v) is 3.54. The molecule has 0 atom stereocenters. The standard InChI is InChI=1S/C21H33N/c1-18-14-16-21(17-15-18)22(3)19(2)10-6-4-7-11-20-12-8-5-9-13-20/h5,8-9,12-13,18,21H,2,4,6-7,10-11,14-17H2,1,3H3. The summed E-state index contributed by atoms with van der Waals surface area (Å²) in [5, 5.41) is 0. The Hall–Kier alpha value is -1.24. The Kier molecular flexibility index (Phi) is 7.02. The first-order valence-corrected chi connectivity index (χ1v) is 9.11. The van der Waals surface area contributed by atoms with E-state index in [9.17, 15) is 0 Å². The van der Waals surface area contributed by atoms with Gasteiger partial charge in [-0.3, -0.25) is 0 Å². The van der Waals surface area contributed by atoms with Crippen LogP contribution in [-0.4, -0.2) is 18.0 Å². The van der Waals surface area contributed by atoms with Crippen molar-refractivity contribution >= 4 is 0 Å². The smallest absolute Gasteiger partial charge is 0.0283 e. The zero-order valence-electron chi connectivity index (χ0n) is 14.6. The molecule has 0 spiro atoms. The van der Waals surface area contributed by atoms with Gasteiger partial charge in [0.1, 0.15) is 0 Å². The summed E-state index contributed by atoms with van der Waals surface area (Å²) >= 11 is 0. The van der Waals surface area contributed by atoms with E-state index in [1.807, 2.05) is 0 Å². The predicted octanol–water partition coefficient (Wildman–Crippen LogP) is 5.81. The van der Waals surface area contributed by atoms with Crippen LogP contribution in [0.25, 0.3) is 0 Å². The summed E-state index contributed by atoms with van der Waals surface area (Å²) in [5.74, 6) is 0.927. The highest BCUT2D eigenvalue weighted by atomic mass is 15.1. The van der Waals surface area contributed by atoms with Crippen molar-refractivity contribution in [1.82, 2.24) is 4.90 Å². The lowest BCUT2D eigenvalue weighted by Gasteiger charge is -2.36. The molecule has 0 amide bonds. The number of rotatable bonds is 8. The molecule has 1 heteroatoms. The van der Waals surface area contributed by atoms with Crippen molar-refractivity contribution in [3.05, 3.63) is 48.2 Å². The van der Waals surface area contributed by atoms with Crippen molar-refractivity contribution < 1.29 is 0 Å². The number of aryl methyl sites for hydroxylation is 1. The van der Waals surface area contributed by atoms with Crippen LogP contribution >= 0.6 is 0 Å². The van der Waals surface area contributed by atoms with Gasteiger partial charge in [-0.15, -0.1) is 0 Å². The van der Waals surface area contributed by atoms with Crippen LogP contribution in [0.4, 0.5) is 0 Å². The van der Waals surface area contributed by atoms with Gasteiger partial charge in [0.2, 0.25) is 0 Å². The molecule has 122 valence electrons. The molecule has 0 unspecified atom stereocenters. The van der Waals surface area contributed by atoms with E-state index in [-0.39, 0.29) is 0 Å². The Morgan fingerprint density at radius 3 is 2.41 bits per heavy atom. The van der Waals surface area contributed by atoms with E-state index in [4.69, 9.17) is 0 Å². The fourth-order valence-electron chi connectivity index (χ4n) is 3.54. The van der Waals surface area contributed by atoms with Gasteiger partial charge < -0.3 is 4.90 Å². The Morgan fingerprint density at radius 1 is 1.05 bits per heavy atom. The lowest BCUT2D eigenvalue weighted by atomic mass is 9.86. The van der Waals surface area contributed by atoms with Crippen LogP contribution < -0.4 is 0 Å². The highest BCUT2D eigenvalue weighted by Crippen LogP contribution is 2.28.